The molecule has 2 heterocycles. The van der Waals surface area contributed by atoms with Crippen LogP contribution in [0.15, 0.2) is 71.5 Å². The van der Waals surface area contributed by atoms with Crippen LogP contribution in [0.3, 0.4) is 0 Å². The molecule has 7 heteroatoms. The van der Waals surface area contributed by atoms with Crippen molar-refractivity contribution < 1.29 is 19.4 Å². The summed E-state index contributed by atoms with van der Waals surface area (Å²) in [6, 6.07) is 19.4. The summed E-state index contributed by atoms with van der Waals surface area (Å²) >= 11 is 0. The lowest BCUT2D eigenvalue weighted by Crippen LogP contribution is -2.28. The van der Waals surface area contributed by atoms with Crippen LogP contribution in [0, 0.1) is 0 Å². The van der Waals surface area contributed by atoms with Crippen LogP contribution in [0.4, 0.5) is 5.69 Å². The molecule has 0 spiro atoms. The van der Waals surface area contributed by atoms with E-state index in [1.807, 2.05) is 30.3 Å². The third-order valence-corrected chi connectivity index (χ3v) is 5.34. The third-order valence-electron chi connectivity index (χ3n) is 5.34. The van der Waals surface area contributed by atoms with Gasteiger partial charge in [0.1, 0.15) is 5.69 Å². The zero-order chi connectivity index (χ0) is 21.5. The number of pyridine rings is 1. The normalized spacial score (nSPS) is 12.3. The Kier molecular flexibility index (Phi) is 4.36. The molecule has 0 aliphatic carbocycles. The zero-order valence-electron chi connectivity index (χ0n) is 16.4. The molecule has 0 amide bonds. The molecule has 5 rings (SSSR count). The molecule has 31 heavy (non-hydrogen) atoms. The molecule has 4 aromatic rings. The number of carbonyl (C=O) groups is 1. The largest absolute Gasteiger partial charge is 0.477 e. The number of fused-ring (bicyclic) bond motifs is 2. The van der Waals surface area contributed by atoms with Gasteiger partial charge in [-0.25, -0.2) is 4.79 Å². The first-order valence-corrected chi connectivity index (χ1v) is 9.66. The Bertz CT molecular complexity index is 1390. The van der Waals surface area contributed by atoms with E-state index in [2.05, 4.69) is 0 Å². The number of rotatable bonds is 4. The van der Waals surface area contributed by atoms with E-state index in [4.69, 9.17) is 15.2 Å². The summed E-state index contributed by atoms with van der Waals surface area (Å²) in [7, 11) is 0. The molecule has 7 nitrogen and oxygen atoms in total. The molecule has 3 N–H and O–H groups in total. The van der Waals surface area contributed by atoms with E-state index in [0.717, 1.165) is 5.56 Å². The Morgan fingerprint density at radius 2 is 1.74 bits per heavy atom. The lowest BCUT2D eigenvalue weighted by atomic mass is 9.96. The number of ether oxygens (including phenoxy) is 2. The molecule has 0 radical (unpaired) electrons. The van der Waals surface area contributed by atoms with E-state index in [1.165, 1.54) is 4.57 Å². The summed E-state index contributed by atoms with van der Waals surface area (Å²) < 4.78 is 12.1. The van der Waals surface area contributed by atoms with E-state index in [-0.39, 0.29) is 19.0 Å². The van der Waals surface area contributed by atoms with Gasteiger partial charge in [0.05, 0.1) is 6.54 Å². The van der Waals surface area contributed by atoms with E-state index in [1.54, 1.807) is 36.4 Å². The first-order valence-electron chi connectivity index (χ1n) is 9.66. The zero-order valence-corrected chi connectivity index (χ0v) is 16.4. The Hall–Kier alpha value is -4.26. The molecule has 0 saturated heterocycles. The van der Waals surface area contributed by atoms with Crippen LogP contribution in [0.25, 0.3) is 21.9 Å². The molecular weight excluding hydrogens is 396 g/mol. The maximum atomic E-state index is 13.4. The molecule has 1 aliphatic rings. The van der Waals surface area contributed by atoms with E-state index >= 15 is 0 Å². The maximum Gasteiger partial charge on any atom is 0.353 e. The number of anilines is 1. The number of carboxylic acids is 1. The predicted molar refractivity (Wildman–Crippen MR) is 117 cm³/mol. The van der Waals surface area contributed by atoms with Gasteiger partial charge in [-0.2, -0.15) is 0 Å². The SMILES string of the molecule is Nc1ccc2c(=O)n(Cc3ccc4c(c3)OCO4)c(C(=O)O)c(-c3ccccc3)c2c1. The van der Waals surface area contributed by atoms with Crippen molar-refractivity contribution in [3.8, 4) is 22.6 Å². The molecule has 154 valence electrons. The van der Waals surface area contributed by atoms with Crippen LogP contribution in [0.1, 0.15) is 16.1 Å². The van der Waals surface area contributed by atoms with Crippen LogP contribution in [0.5, 0.6) is 11.5 Å². The maximum absolute atomic E-state index is 13.4. The quantitative estimate of drug-likeness (QED) is 0.493. The highest BCUT2D eigenvalue weighted by Crippen LogP contribution is 2.34. The highest BCUT2D eigenvalue weighted by atomic mass is 16.7. The number of nitrogen functional groups attached to an aromatic ring is 1. The van der Waals surface area contributed by atoms with Crippen molar-refractivity contribution in [1.82, 2.24) is 4.57 Å². The summed E-state index contributed by atoms with van der Waals surface area (Å²) in [6.07, 6.45) is 0. The number of benzene rings is 3. The average Bonchev–Trinajstić information content (AvgIpc) is 3.23. The number of hydrogen-bond acceptors (Lipinski definition) is 5. The predicted octanol–water partition coefficient (Wildman–Crippen LogP) is 3.73. The standard InChI is InChI=1S/C24H18N2O5/c25-16-7-8-17-18(11-16)21(15-4-2-1-3-5-15)22(24(28)29)26(23(17)27)12-14-6-9-19-20(10-14)31-13-30-19/h1-11H,12-13,25H2,(H,28,29). The monoisotopic (exact) mass is 414 g/mol. The van der Waals surface area contributed by atoms with Crippen molar-refractivity contribution in [2.45, 2.75) is 6.54 Å². The topological polar surface area (TPSA) is 104 Å². The summed E-state index contributed by atoms with van der Waals surface area (Å²) in [5.74, 6) is -0.00573. The Labute approximate surface area is 176 Å². The Balaban J connectivity index is 1.81. The molecule has 3 aromatic carbocycles. The van der Waals surface area contributed by atoms with Gasteiger partial charge in [-0.1, -0.05) is 36.4 Å². The molecule has 0 unspecified atom stereocenters. The van der Waals surface area contributed by atoms with E-state index in [9.17, 15) is 14.7 Å². The van der Waals surface area contributed by atoms with Gasteiger partial charge in [-0.15, -0.1) is 0 Å². The molecule has 0 atom stereocenters. The number of nitrogens with zero attached hydrogens (tertiary/aromatic N) is 1. The van der Waals surface area contributed by atoms with Gasteiger partial charge >= 0.3 is 5.97 Å². The molecular formula is C24H18N2O5. The number of aromatic nitrogens is 1. The highest BCUT2D eigenvalue weighted by molar-refractivity contribution is 6.06. The van der Waals surface area contributed by atoms with E-state index in [0.29, 0.717) is 39.1 Å². The Morgan fingerprint density at radius 1 is 0.968 bits per heavy atom. The van der Waals surface area contributed by atoms with Gasteiger partial charge in [0.15, 0.2) is 11.5 Å². The molecule has 0 fully saturated rings. The second-order valence-electron chi connectivity index (χ2n) is 7.28. The fraction of sp³-hybridized carbons (Fsp3) is 0.0833. The number of nitrogens with two attached hydrogens (primary N) is 1. The number of carboxylic acid groups (broad SMARTS) is 1. The average molecular weight is 414 g/mol. The summed E-state index contributed by atoms with van der Waals surface area (Å²) in [6.45, 7) is 0.200. The van der Waals surface area contributed by atoms with Crippen molar-refractivity contribution in [2.24, 2.45) is 0 Å². The summed E-state index contributed by atoms with van der Waals surface area (Å²) in [5.41, 5.74) is 7.81. The highest BCUT2D eigenvalue weighted by Gasteiger charge is 2.24. The fourth-order valence-corrected chi connectivity index (χ4v) is 3.96. The second kappa shape index (κ2) is 7.21. The third kappa shape index (κ3) is 3.16. The number of aromatic carboxylic acids is 1. The van der Waals surface area contributed by atoms with Crippen molar-refractivity contribution in [1.29, 1.82) is 0 Å². The van der Waals surface area contributed by atoms with Crippen LogP contribution in [0.2, 0.25) is 0 Å². The van der Waals surface area contributed by atoms with Crippen molar-refractivity contribution >= 4 is 22.4 Å². The summed E-state index contributed by atoms with van der Waals surface area (Å²) in [5, 5.41) is 11.1. The second-order valence-corrected chi connectivity index (χ2v) is 7.28. The first-order chi connectivity index (χ1) is 15.0. The Morgan fingerprint density at radius 3 is 2.52 bits per heavy atom. The van der Waals surface area contributed by atoms with Crippen LogP contribution < -0.4 is 20.8 Å². The van der Waals surface area contributed by atoms with Gasteiger partial charge < -0.3 is 20.3 Å². The lowest BCUT2D eigenvalue weighted by molar-refractivity contribution is 0.0685. The van der Waals surface area contributed by atoms with Gasteiger partial charge in [0, 0.05) is 16.6 Å². The minimum atomic E-state index is -1.19. The van der Waals surface area contributed by atoms with Gasteiger partial charge in [-0.3, -0.25) is 9.36 Å². The van der Waals surface area contributed by atoms with Crippen molar-refractivity contribution in [3.05, 3.63) is 88.3 Å². The van der Waals surface area contributed by atoms with Crippen LogP contribution in [-0.4, -0.2) is 22.4 Å². The minimum absolute atomic E-state index is 0.0667. The first kappa shape index (κ1) is 18.7. The van der Waals surface area contributed by atoms with Crippen molar-refractivity contribution in [3.63, 3.8) is 0 Å². The van der Waals surface area contributed by atoms with Crippen LogP contribution in [-0.2, 0) is 6.54 Å². The number of hydrogen-bond donors (Lipinski definition) is 2. The molecule has 1 aromatic heterocycles. The van der Waals surface area contributed by atoms with Crippen LogP contribution >= 0.6 is 0 Å². The van der Waals surface area contributed by atoms with Gasteiger partial charge in [0.2, 0.25) is 6.79 Å². The molecule has 0 bridgehead atoms. The van der Waals surface area contributed by atoms with Crippen molar-refractivity contribution in [2.75, 3.05) is 12.5 Å². The summed E-state index contributed by atoms with van der Waals surface area (Å²) in [4.78, 5) is 25.8. The fourth-order valence-electron chi connectivity index (χ4n) is 3.96. The van der Waals surface area contributed by atoms with E-state index < -0.39 is 11.5 Å². The van der Waals surface area contributed by atoms with Gasteiger partial charge in [0.25, 0.3) is 5.56 Å². The molecule has 0 saturated carbocycles. The lowest BCUT2D eigenvalue weighted by Gasteiger charge is -2.18. The smallest absolute Gasteiger partial charge is 0.353 e. The molecule has 1 aliphatic heterocycles. The van der Waals surface area contributed by atoms with Gasteiger partial charge in [-0.05, 0) is 46.8 Å². The minimum Gasteiger partial charge on any atom is -0.477 e.